The zero-order chi connectivity index (χ0) is 15.0. The maximum atomic E-state index is 11.7. The van der Waals surface area contributed by atoms with Gasteiger partial charge in [0.25, 0.3) is 0 Å². The molecule has 0 unspecified atom stereocenters. The highest BCUT2D eigenvalue weighted by Crippen LogP contribution is 2.30. The molecule has 0 amide bonds. The van der Waals surface area contributed by atoms with Crippen molar-refractivity contribution in [3.63, 3.8) is 0 Å². The third-order valence-electron chi connectivity index (χ3n) is 2.41. The van der Waals surface area contributed by atoms with Crippen LogP contribution in [0.1, 0.15) is 19.8 Å². The molecule has 5 nitrogen and oxygen atoms in total. The average Bonchev–Trinajstić information content (AvgIpc) is 2.68. The minimum Gasteiger partial charge on any atom is -0.486 e. The molecule has 0 aliphatic carbocycles. The fraction of sp³-hybridized carbons (Fsp3) is 0.333. The molecule has 5 heteroatoms. The van der Waals surface area contributed by atoms with E-state index in [1.165, 1.54) is 0 Å². The molecule has 1 heterocycles. The number of carbonyl (C=O) groups excluding carboxylic acids is 2. The van der Waals surface area contributed by atoms with Gasteiger partial charge in [0.15, 0.2) is 0 Å². The van der Waals surface area contributed by atoms with E-state index in [9.17, 15) is 9.59 Å². The van der Waals surface area contributed by atoms with Gasteiger partial charge >= 0.3 is 11.9 Å². The molecule has 0 N–H and O–H groups in total. The molecule has 0 atom stereocenters. The van der Waals surface area contributed by atoms with Crippen molar-refractivity contribution in [2.45, 2.75) is 19.8 Å². The summed E-state index contributed by atoms with van der Waals surface area (Å²) in [5.41, 5.74) is 0.502. The standard InChI is InChI=1S/C15H18O5/c1-4-7-9-19-14-11(8-5-2)12(20-15(14)17)10-13(16)18-6-3/h4-5,10H,1-2,6-9H2,3H3/b12-10+. The highest BCUT2D eigenvalue weighted by molar-refractivity contribution is 5.94. The van der Waals surface area contributed by atoms with Gasteiger partial charge in [-0.05, 0) is 19.8 Å². The van der Waals surface area contributed by atoms with Crippen molar-refractivity contribution in [3.05, 3.63) is 48.5 Å². The molecule has 1 rings (SSSR count). The molecular weight excluding hydrogens is 260 g/mol. The molecule has 0 radical (unpaired) electrons. The zero-order valence-corrected chi connectivity index (χ0v) is 11.5. The highest BCUT2D eigenvalue weighted by Gasteiger charge is 2.31. The zero-order valence-electron chi connectivity index (χ0n) is 11.5. The molecule has 20 heavy (non-hydrogen) atoms. The van der Waals surface area contributed by atoms with Crippen molar-refractivity contribution >= 4 is 11.9 Å². The van der Waals surface area contributed by atoms with Crippen LogP contribution in [0.2, 0.25) is 0 Å². The lowest BCUT2D eigenvalue weighted by atomic mass is 10.1. The third kappa shape index (κ3) is 4.12. The Morgan fingerprint density at radius 3 is 2.70 bits per heavy atom. The fourth-order valence-corrected chi connectivity index (χ4v) is 1.58. The van der Waals surface area contributed by atoms with Gasteiger partial charge in [0, 0.05) is 5.57 Å². The van der Waals surface area contributed by atoms with Crippen LogP contribution in [0, 0.1) is 0 Å². The Morgan fingerprint density at radius 2 is 2.10 bits per heavy atom. The number of hydrogen-bond donors (Lipinski definition) is 0. The summed E-state index contributed by atoms with van der Waals surface area (Å²) >= 11 is 0. The Labute approximate surface area is 118 Å². The third-order valence-corrected chi connectivity index (χ3v) is 2.41. The number of carbonyl (C=O) groups is 2. The van der Waals surface area contributed by atoms with Crippen LogP contribution in [0.4, 0.5) is 0 Å². The van der Waals surface area contributed by atoms with Crippen molar-refractivity contribution in [2.24, 2.45) is 0 Å². The quantitative estimate of drug-likeness (QED) is 0.295. The van der Waals surface area contributed by atoms with Gasteiger partial charge in [0.05, 0.1) is 19.3 Å². The second kappa shape index (κ2) is 7.99. The van der Waals surface area contributed by atoms with Crippen LogP contribution in [0.15, 0.2) is 48.5 Å². The van der Waals surface area contributed by atoms with Crippen molar-refractivity contribution in [1.29, 1.82) is 0 Å². The minimum absolute atomic E-state index is 0.113. The van der Waals surface area contributed by atoms with Crippen LogP contribution in [-0.4, -0.2) is 25.2 Å². The Balaban J connectivity index is 2.96. The number of esters is 2. The van der Waals surface area contributed by atoms with Gasteiger partial charge in [-0.25, -0.2) is 9.59 Å². The van der Waals surface area contributed by atoms with Gasteiger partial charge in [-0.1, -0.05) is 12.2 Å². The van der Waals surface area contributed by atoms with Gasteiger partial charge in [-0.2, -0.15) is 0 Å². The van der Waals surface area contributed by atoms with E-state index in [-0.39, 0.29) is 18.1 Å². The molecule has 108 valence electrons. The Kier molecular flexibility index (Phi) is 6.29. The van der Waals surface area contributed by atoms with Crippen LogP contribution in [0.5, 0.6) is 0 Å². The molecule has 0 saturated carbocycles. The van der Waals surface area contributed by atoms with Gasteiger partial charge in [0.1, 0.15) is 5.76 Å². The molecular formula is C15H18O5. The minimum atomic E-state index is -0.610. The lowest BCUT2D eigenvalue weighted by Crippen LogP contribution is -2.04. The summed E-state index contributed by atoms with van der Waals surface area (Å²) in [6.07, 6.45) is 5.40. The molecule has 1 aliphatic rings. The molecule has 0 aromatic heterocycles. The molecule has 0 fully saturated rings. The van der Waals surface area contributed by atoms with E-state index in [0.717, 1.165) is 6.08 Å². The summed E-state index contributed by atoms with van der Waals surface area (Å²) in [7, 11) is 0. The first kappa shape index (κ1) is 15.8. The van der Waals surface area contributed by atoms with Gasteiger partial charge in [0.2, 0.25) is 5.76 Å². The maximum Gasteiger partial charge on any atom is 0.379 e. The molecule has 0 aromatic carbocycles. The second-order valence-corrected chi connectivity index (χ2v) is 3.88. The lowest BCUT2D eigenvalue weighted by Gasteiger charge is -2.04. The summed E-state index contributed by atoms with van der Waals surface area (Å²) in [6.45, 7) is 9.45. The first-order valence-corrected chi connectivity index (χ1v) is 6.32. The van der Waals surface area contributed by atoms with E-state index in [1.807, 2.05) is 0 Å². The predicted octanol–water partition coefficient (Wildman–Crippen LogP) is 2.41. The molecule has 0 saturated heterocycles. The van der Waals surface area contributed by atoms with Gasteiger partial charge in [-0.15, -0.1) is 13.2 Å². The van der Waals surface area contributed by atoms with Crippen molar-refractivity contribution in [3.8, 4) is 0 Å². The number of rotatable bonds is 8. The molecule has 0 bridgehead atoms. The van der Waals surface area contributed by atoms with Crippen molar-refractivity contribution in [1.82, 2.24) is 0 Å². The first-order chi connectivity index (χ1) is 9.63. The van der Waals surface area contributed by atoms with Crippen LogP contribution < -0.4 is 0 Å². The van der Waals surface area contributed by atoms with Gasteiger partial charge < -0.3 is 14.2 Å². The predicted molar refractivity (Wildman–Crippen MR) is 73.4 cm³/mol. The summed E-state index contributed by atoms with van der Waals surface area (Å²) < 4.78 is 15.2. The van der Waals surface area contributed by atoms with Gasteiger partial charge in [-0.3, -0.25) is 0 Å². The average molecular weight is 278 g/mol. The second-order valence-electron chi connectivity index (χ2n) is 3.88. The molecule has 1 aliphatic heterocycles. The normalized spacial score (nSPS) is 16.1. The van der Waals surface area contributed by atoms with E-state index in [2.05, 4.69) is 13.2 Å². The Bertz CT molecular complexity index is 471. The summed E-state index contributed by atoms with van der Waals surface area (Å²) in [5, 5.41) is 0. The number of hydrogen-bond acceptors (Lipinski definition) is 5. The Hall–Kier alpha value is -2.30. The van der Waals surface area contributed by atoms with E-state index in [1.54, 1.807) is 19.1 Å². The number of ether oxygens (including phenoxy) is 3. The summed E-state index contributed by atoms with van der Waals surface area (Å²) in [4.78, 5) is 23.2. The summed E-state index contributed by atoms with van der Waals surface area (Å²) in [5.74, 6) is -0.907. The van der Waals surface area contributed by atoms with E-state index < -0.39 is 11.9 Å². The topological polar surface area (TPSA) is 61.8 Å². The first-order valence-electron chi connectivity index (χ1n) is 6.32. The van der Waals surface area contributed by atoms with Crippen molar-refractivity contribution in [2.75, 3.05) is 13.2 Å². The van der Waals surface area contributed by atoms with E-state index in [4.69, 9.17) is 14.2 Å². The number of allylic oxidation sites excluding steroid dienone is 2. The van der Waals surface area contributed by atoms with E-state index >= 15 is 0 Å². The Morgan fingerprint density at radius 1 is 1.35 bits per heavy atom. The van der Waals surface area contributed by atoms with Crippen LogP contribution in [-0.2, 0) is 23.8 Å². The lowest BCUT2D eigenvalue weighted by molar-refractivity contribution is -0.138. The SMILES string of the molecule is C=CCCOC1=C(CC=C)/C(=C\C(=O)OCC)OC1=O. The van der Waals surface area contributed by atoms with Crippen LogP contribution in [0.3, 0.4) is 0 Å². The highest BCUT2D eigenvalue weighted by atomic mass is 16.6. The maximum absolute atomic E-state index is 11.7. The fourth-order valence-electron chi connectivity index (χ4n) is 1.58. The largest absolute Gasteiger partial charge is 0.486 e. The van der Waals surface area contributed by atoms with Crippen LogP contribution in [0.25, 0.3) is 0 Å². The van der Waals surface area contributed by atoms with Crippen LogP contribution >= 0.6 is 0 Å². The van der Waals surface area contributed by atoms with Crippen molar-refractivity contribution < 1.29 is 23.8 Å². The van der Waals surface area contributed by atoms with E-state index in [0.29, 0.717) is 25.0 Å². The summed E-state index contributed by atoms with van der Waals surface area (Å²) in [6, 6.07) is 0. The molecule has 0 aromatic rings. The smallest absolute Gasteiger partial charge is 0.379 e. The number of cyclic esters (lactones) is 1. The monoisotopic (exact) mass is 278 g/mol. The molecule has 0 spiro atoms.